The second kappa shape index (κ2) is 7.35. The molecule has 0 saturated carbocycles. The van der Waals surface area contributed by atoms with Gasteiger partial charge < -0.3 is 15.4 Å². The molecule has 0 fully saturated rings. The van der Waals surface area contributed by atoms with Crippen molar-refractivity contribution in [3.05, 3.63) is 29.8 Å². The summed E-state index contributed by atoms with van der Waals surface area (Å²) in [5.74, 6) is -0.197. The Morgan fingerprint density at radius 2 is 1.74 bits per heavy atom. The van der Waals surface area contributed by atoms with Gasteiger partial charge in [-0.3, -0.25) is 0 Å². The van der Waals surface area contributed by atoms with Crippen molar-refractivity contribution in [3.63, 3.8) is 0 Å². The van der Waals surface area contributed by atoms with Crippen LogP contribution in [-0.2, 0) is 6.54 Å². The third-order valence-electron chi connectivity index (χ3n) is 2.34. The lowest BCUT2D eigenvalue weighted by Gasteiger charge is -2.10. The number of nitrogens with one attached hydrogen (secondary N) is 2. The molecule has 2 N–H and O–H groups in total. The largest absolute Gasteiger partial charge is 0.573 e. The van der Waals surface area contributed by atoms with E-state index in [9.17, 15) is 13.2 Å². The molecule has 0 aliphatic carbocycles. The predicted octanol–water partition coefficient (Wildman–Crippen LogP) is 2.67. The Balaban J connectivity index is 2.28. The second-order valence-electron chi connectivity index (χ2n) is 4.48. The first-order valence-electron chi connectivity index (χ1n) is 6.15. The average Bonchev–Trinajstić information content (AvgIpc) is 2.28. The van der Waals surface area contributed by atoms with Crippen LogP contribution in [0.2, 0.25) is 0 Å². The molecule has 0 radical (unpaired) electrons. The summed E-state index contributed by atoms with van der Waals surface area (Å²) in [5, 5.41) is 6.46. The summed E-state index contributed by atoms with van der Waals surface area (Å²) in [4.78, 5) is 0. The lowest BCUT2D eigenvalue weighted by atomic mass is 10.2. The van der Waals surface area contributed by atoms with Gasteiger partial charge in [0.05, 0.1) is 0 Å². The highest BCUT2D eigenvalue weighted by Gasteiger charge is 2.30. The van der Waals surface area contributed by atoms with Crippen molar-refractivity contribution in [2.24, 2.45) is 0 Å². The molecule has 3 nitrogen and oxygen atoms in total. The number of halogens is 3. The summed E-state index contributed by atoms with van der Waals surface area (Å²) in [6.45, 7) is 6.41. The van der Waals surface area contributed by atoms with Gasteiger partial charge in [0, 0.05) is 25.7 Å². The third kappa shape index (κ3) is 7.69. The van der Waals surface area contributed by atoms with E-state index in [1.807, 2.05) is 0 Å². The minimum atomic E-state index is -4.64. The summed E-state index contributed by atoms with van der Waals surface area (Å²) in [5.41, 5.74) is 0.916. The zero-order chi connectivity index (χ0) is 14.3. The van der Waals surface area contributed by atoms with E-state index in [4.69, 9.17) is 0 Å². The first-order valence-corrected chi connectivity index (χ1v) is 6.15. The Morgan fingerprint density at radius 1 is 1.11 bits per heavy atom. The first kappa shape index (κ1) is 15.8. The fraction of sp³-hybridized carbons (Fsp3) is 0.538. The van der Waals surface area contributed by atoms with E-state index in [1.54, 1.807) is 12.1 Å². The summed E-state index contributed by atoms with van der Waals surface area (Å²) in [7, 11) is 0. The molecule has 0 aromatic heterocycles. The quantitative estimate of drug-likeness (QED) is 0.751. The van der Waals surface area contributed by atoms with Crippen LogP contribution in [0.25, 0.3) is 0 Å². The Kier molecular flexibility index (Phi) is 6.11. The maximum absolute atomic E-state index is 12.0. The normalized spacial score (nSPS) is 11.9. The molecule has 0 saturated heterocycles. The minimum absolute atomic E-state index is 0.197. The molecule has 0 unspecified atom stereocenters. The Hall–Kier alpha value is -1.27. The van der Waals surface area contributed by atoms with E-state index in [-0.39, 0.29) is 5.75 Å². The van der Waals surface area contributed by atoms with E-state index in [2.05, 4.69) is 29.2 Å². The SMILES string of the molecule is CC(C)NCCNCc1ccc(OC(F)(F)F)cc1. The van der Waals surface area contributed by atoms with Crippen LogP contribution < -0.4 is 15.4 Å². The average molecular weight is 276 g/mol. The van der Waals surface area contributed by atoms with Gasteiger partial charge in [-0.25, -0.2) is 0 Å². The van der Waals surface area contributed by atoms with Crippen LogP contribution in [0.15, 0.2) is 24.3 Å². The molecule has 0 aliphatic heterocycles. The van der Waals surface area contributed by atoms with Crippen molar-refractivity contribution < 1.29 is 17.9 Å². The fourth-order valence-electron chi connectivity index (χ4n) is 1.49. The zero-order valence-electron chi connectivity index (χ0n) is 11.1. The number of ether oxygens (including phenoxy) is 1. The van der Waals surface area contributed by atoms with Crippen molar-refractivity contribution in [1.29, 1.82) is 0 Å². The van der Waals surface area contributed by atoms with Crippen molar-refractivity contribution in [2.75, 3.05) is 13.1 Å². The molecular weight excluding hydrogens is 257 g/mol. The van der Waals surface area contributed by atoms with Crippen LogP contribution in [0, 0.1) is 0 Å². The maximum Gasteiger partial charge on any atom is 0.573 e. The van der Waals surface area contributed by atoms with Gasteiger partial charge in [-0.15, -0.1) is 13.2 Å². The predicted molar refractivity (Wildman–Crippen MR) is 68.0 cm³/mol. The van der Waals surface area contributed by atoms with Crippen molar-refractivity contribution in [3.8, 4) is 5.75 Å². The van der Waals surface area contributed by atoms with E-state index in [0.29, 0.717) is 12.6 Å². The van der Waals surface area contributed by atoms with Crippen LogP contribution in [0.3, 0.4) is 0 Å². The summed E-state index contributed by atoms with van der Waals surface area (Å²) >= 11 is 0. The van der Waals surface area contributed by atoms with E-state index in [0.717, 1.165) is 18.7 Å². The van der Waals surface area contributed by atoms with Crippen LogP contribution in [0.1, 0.15) is 19.4 Å². The van der Waals surface area contributed by atoms with Gasteiger partial charge in [-0.2, -0.15) is 0 Å². The van der Waals surface area contributed by atoms with E-state index >= 15 is 0 Å². The summed E-state index contributed by atoms with van der Waals surface area (Å²) in [6, 6.07) is 6.31. The van der Waals surface area contributed by atoms with Gasteiger partial charge in [-0.05, 0) is 17.7 Å². The fourth-order valence-corrected chi connectivity index (χ4v) is 1.49. The number of hydrogen-bond donors (Lipinski definition) is 2. The van der Waals surface area contributed by atoms with Gasteiger partial charge in [0.1, 0.15) is 5.75 Å². The lowest BCUT2D eigenvalue weighted by molar-refractivity contribution is -0.274. The minimum Gasteiger partial charge on any atom is -0.406 e. The molecule has 108 valence electrons. The molecule has 0 spiro atoms. The van der Waals surface area contributed by atoms with Gasteiger partial charge in [0.2, 0.25) is 0 Å². The van der Waals surface area contributed by atoms with Crippen molar-refractivity contribution in [1.82, 2.24) is 10.6 Å². The maximum atomic E-state index is 12.0. The number of benzene rings is 1. The molecule has 1 aromatic rings. The molecule has 0 bridgehead atoms. The number of hydrogen-bond acceptors (Lipinski definition) is 3. The Morgan fingerprint density at radius 3 is 2.26 bits per heavy atom. The van der Waals surface area contributed by atoms with Gasteiger partial charge >= 0.3 is 6.36 Å². The smallest absolute Gasteiger partial charge is 0.406 e. The molecule has 19 heavy (non-hydrogen) atoms. The van der Waals surface area contributed by atoms with Gasteiger partial charge in [0.25, 0.3) is 0 Å². The molecule has 0 aliphatic rings. The van der Waals surface area contributed by atoms with Gasteiger partial charge in [-0.1, -0.05) is 26.0 Å². The standard InChI is InChI=1S/C13H19F3N2O/c1-10(2)18-8-7-17-9-11-3-5-12(6-4-11)19-13(14,15)16/h3-6,10,17-18H,7-9H2,1-2H3. The number of alkyl halides is 3. The van der Waals surface area contributed by atoms with Gasteiger partial charge in [0.15, 0.2) is 0 Å². The molecule has 0 heterocycles. The number of rotatable bonds is 7. The van der Waals surface area contributed by atoms with E-state index in [1.165, 1.54) is 12.1 Å². The summed E-state index contributed by atoms with van der Waals surface area (Å²) in [6.07, 6.45) is -4.64. The summed E-state index contributed by atoms with van der Waals surface area (Å²) < 4.78 is 39.7. The van der Waals surface area contributed by atoms with Crippen molar-refractivity contribution in [2.45, 2.75) is 32.8 Å². The van der Waals surface area contributed by atoms with Crippen LogP contribution >= 0.6 is 0 Å². The highest BCUT2D eigenvalue weighted by molar-refractivity contribution is 5.27. The topological polar surface area (TPSA) is 33.3 Å². The highest BCUT2D eigenvalue weighted by Crippen LogP contribution is 2.22. The molecule has 6 heteroatoms. The zero-order valence-corrected chi connectivity index (χ0v) is 11.1. The first-order chi connectivity index (χ1) is 8.87. The second-order valence-corrected chi connectivity index (χ2v) is 4.48. The molecule has 0 atom stereocenters. The van der Waals surface area contributed by atoms with E-state index < -0.39 is 6.36 Å². The lowest BCUT2D eigenvalue weighted by Crippen LogP contribution is -2.31. The van der Waals surface area contributed by atoms with Crippen LogP contribution in [0.5, 0.6) is 5.75 Å². The third-order valence-corrected chi connectivity index (χ3v) is 2.34. The Bertz CT molecular complexity index is 363. The molecular formula is C13H19F3N2O. The monoisotopic (exact) mass is 276 g/mol. The van der Waals surface area contributed by atoms with Crippen molar-refractivity contribution >= 4 is 0 Å². The molecule has 0 amide bonds. The van der Waals surface area contributed by atoms with Crippen LogP contribution in [-0.4, -0.2) is 25.5 Å². The van der Waals surface area contributed by atoms with Crippen LogP contribution in [0.4, 0.5) is 13.2 Å². The Labute approximate surface area is 111 Å². The molecule has 1 aromatic carbocycles. The molecule has 1 rings (SSSR count). The highest BCUT2D eigenvalue weighted by atomic mass is 19.4.